The second-order valence-electron chi connectivity index (χ2n) is 5.81. The Bertz CT molecular complexity index is 835. The molecule has 0 radical (unpaired) electrons. The number of ether oxygens (including phenoxy) is 1. The molecule has 1 aromatic carbocycles. The largest absolute Gasteiger partial charge is 0.481 e. The molecule has 0 aliphatic carbocycles. The average Bonchev–Trinajstić information content (AvgIpc) is 2.95. The first-order valence-corrected chi connectivity index (χ1v) is 8.63. The Hall–Kier alpha value is -2.16. The van der Waals surface area contributed by atoms with E-state index in [9.17, 15) is 9.59 Å². The van der Waals surface area contributed by atoms with Crippen LogP contribution in [0.15, 0.2) is 18.2 Å². The summed E-state index contributed by atoms with van der Waals surface area (Å²) >= 11 is 12.4. The van der Waals surface area contributed by atoms with Gasteiger partial charge in [0.15, 0.2) is 0 Å². The Labute approximate surface area is 159 Å². The molecule has 2 aromatic rings. The molecule has 1 aliphatic rings. The SMILES string of the molecule is Cc1nc(C(=O)N2CCOC(CC(=O)O)C2)nn1-c1c(Cl)cccc1Cl. The lowest BCUT2D eigenvalue weighted by molar-refractivity contribution is -0.141. The summed E-state index contributed by atoms with van der Waals surface area (Å²) in [7, 11) is 0. The minimum atomic E-state index is -0.976. The highest BCUT2D eigenvalue weighted by atomic mass is 35.5. The zero-order valence-corrected chi connectivity index (χ0v) is 15.4. The molecular formula is C16H16Cl2N4O4. The van der Waals surface area contributed by atoms with Gasteiger partial charge in [0.05, 0.1) is 29.2 Å². The molecule has 10 heteroatoms. The number of amides is 1. The number of hydrogen-bond donors (Lipinski definition) is 1. The van der Waals surface area contributed by atoms with Crippen molar-refractivity contribution in [3.63, 3.8) is 0 Å². The third-order valence-corrected chi connectivity index (χ3v) is 4.55. The molecule has 2 heterocycles. The fraction of sp³-hybridized carbons (Fsp3) is 0.375. The number of carbonyl (C=O) groups excluding carboxylic acids is 1. The summed E-state index contributed by atoms with van der Waals surface area (Å²) in [6.45, 7) is 2.47. The van der Waals surface area contributed by atoms with Gasteiger partial charge in [0.25, 0.3) is 5.91 Å². The van der Waals surface area contributed by atoms with Gasteiger partial charge in [0.1, 0.15) is 11.5 Å². The van der Waals surface area contributed by atoms with Crippen LogP contribution in [0, 0.1) is 6.92 Å². The van der Waals surface area contributed by atoms with Crippen LogP contribution in [-0.4, -0.2) is 62.4 Å². The standard InChI is InChI=1S/C16H16Cl2N4O4/c1-9-19-15(20-22(9)14-11(17)3-2-4-12(14)18)16(25)21-5-6-26-10(8-21)7-13(23)24/h2-4,10H,5-8H2,1H3,(H,23,24). The first-order valence-electron chi connectivity index (χ1n) is 7.87. The number of benzene rings is 1. The van der Waals surface area contributed by atoms with Crippen LogP contribution in [0.3, 0.4) is 0 Å². The number of halogens is 2. The molecule has 1 atom stereocenters. The minimum absolute atomic E-state index is 0.00513. The van der Waals surface area contributed by atoms with Crippen LogP contribution in [0.4, 0.5) is 0 Å². The van der Waals surface area contributed by atoms with Crippen LogP contribution < -0.4 is 0 Å². The molecular weight excluding hydrogens is 383 g/mol. The van der Waals surface area contributed by atoms with E-state index in [1.54, 1.807) is 25.1 Å². The van der Waals surface area contributed by atoms with Gasteiger partial charge in [-0.15, -0.1) is 5.10 Å². The molecule has 26 heavy (non-hydrogen) atoms. The smallest absolute Gasteiger partial charge is 0.306 e. The topological polar surface area (TPSA) is 97.6 Å². The third-order valence-electron chi connectivity index (χ3n) is 3.94. The van der Waals surface area contributed by atoms with Gasteiger partial charge in [-0.1, -0.05) is 29.3 Å². The molecule has 0 spiro atoms. The molecule has 1 amide bonds. The van der Waals surface area contributed by atoms with E-state index in [1.807, 2.05) is 0 Å². The van der Waals surface area contributed by atoms with Gasteiger partial charge < -0.3 is 14.7 Å². The number of hydrogen-bond acceptors (Lipinski definition) is 5. The number of aromatic nitrogens is 3. The summed E-state index contributed by atoms with van der Waals surface area (Å²) in [5, 5.41) is 13.9. The summed E-state index contributed by atoms with van der Waals surface area (Å²) < 4.78 is 6.80. The van der Waals surface area contributed by atoms with E-state index in [-0.39, 0.29) is 25.4 Å². The predicted octanol–water partition coefficient (Wildman–Crippen LogP) is 2.20. The molecule has 138 valence electrons. The summed E-state index contributed by atoms with van der Waals surface area (Å²) in [4.78, 5) is 29.3. The average molecular weight is 399 g/mol. The fourth-order valence-electron chi connectivity index (χ4n) is 2.75. The van der Waals surface area contributed by atoms with Crippen LogP contribution in [0.25, 0.3) is 5.69 Å². The van der Waals surface area contributed by atoms with E-state index < -0.39 is 18.0 Å². The van der Waals surface area contributed by atoms with Crippen molar-refractivity contribution in [2.75, 3.05) is 19.7 Å². The highest BCUT2D eigenvalue weighted by Gasteiger charge is 2.29. The summed E-state index contributed by atoms with van der Waals surface area (Å²) in [6.07, 6.45) is -0.716. The van der Waals surface area contributed by atoms with Crippen molar-refractivity contribution in [3.05, 3.63) is 39.9 Å². The second-order valence-corrected chi connectivity index (χ2v) is 6.62. The van der Waals surface area contributed by atoms with Crippen LogP contribution >= 0.6 is 23.2 Å². The monoisotopic (exact) mass is 398 g/mol. The normalized spacial score (nSPS) is 17.3. The molecule has 1 aromatic heterocycles. The van der Waals surface area contributed by atoms with Gasteiger partial charge in [0, 0.05) is 13.1 Å². The van der Waals surface area contributed by atoms with E-state index in [4.69, 9.17) is 33.0 Å². The van der Waals surface area contributed by atoms with Crippen LogP contribution in [0.2, 0.25) is 10.0 Å². The maximum Gasteiger partial charge on any atom is 0.306 e. The summed E-state index contributed by atoms with van der Waals surface area (Å²) in [6, 6.07) is 5.05. The maximum atomic E-state index is 12.7. The zero-order chi connectivity index (χ0) is 18.8. The number of nitrogens with zero attached hydrogens (tertiary/aromatic N) is 4. The lowest BCUT2D eigenvalue weighted by Gasteiger charge is -2.31. The highest BCUT2D eigenvalue weighted by Crippen LogP contribution is 2.28. The van der Waals surface area contributed by atoms with Crippen LogP contribution in [-0.2, 0) is 9.53 Å². The minimum Gasteiger partial charge on any atom is -0.481 e. The van der Waals surface area contributed by atoms with Gasteiger partial charge in [-0.05, 0) is 19.1 Å². The molecule has 0 saturated carbocycles. The van der Waals surface area contributed by atoms with Crippen molar-refractivity contribution in [1.29, 1.82) is 0 Å². The highest BCUT2D eigenvalue weighted by molar-refractivity contribution is 6.37. The number of para-hydroxylation sites is 1. The van der Waals surface area contributed by atoms with Gasteiger partial charge in [-0.2, -0.15) is 0 Å². The second kappa shape index (κ2) is 7.61. The van der Waals surface area contributed by atoms with Crippen LogP contribution in [0.5, 0.6) is 0 Å². The molecule has 1 N–H and O–H groups in total. The van der Waals surface area contributed by atoms with Crippen molar-refractivity contribution in [2.24, 2.45) is 0 Å². The number of aryl methyl sites for hydroxylation is 1. The number of carbonyl (C=O) groups is 2. The van der Waals surface area contributed by atoms with E-state index in [1.165, 1.54) is 9.58 Å². The van der Waals surface area contributed by atoms with Gasteiger partial charge in [-0.3, -0.25) is 9.59 Å². The molecule has 3 rings (SSSR count). The number of rotatable bonds is 4. The zero-order valence-electron chi connectivity index (χ0n) is 13.9. The van der Waals surface area contributed by atoms with Crippen molar-refractivity contribution < 1.29 is 19.4 Å². The Balaban J connectivity index is 1.84. The number of morpholine rings is 1. The van der Waals surface area contributed by atoms with Crippen molar-refractivity contribution in [1.82, 2.24) is 19.7 Å². The summed E-state index contributed by atoms with van der Waals surface area (Å²) in [5.41, 5.74) is 0.450. The third kappa shape index (κ3) is 3.82. The Morgan fingerprint density at radius 1 is 1.35 bits per heavy atom. The quantitative estimate of drug-likeness (QED) is 0.847. The van der Waals surface area contributed by atoms with Crippen LogP contribution in [0.1, 0.15) is 22.9 Å². The molecule has 8 nitrogen and oxygen atoms in total. The lowest BCUT2D eigenvalue weighted by Crippen LogP contribution is -2.46. The Kier molecular flexibility index (Phi) is 5.45. The van der Waals surface area contributed by atoms with E-state index >= 15 is 0 Å². The molecule has 1 fully saturated rings. The lowest BCUT2D eigenvalue weighted by atomic mass is 10.2. The first kappa shape index (κ1) is 18.6. The fourth-order valence-corrected chi connectivity index (χ4v) is 3.30. The maximum absolute atomic E-state index is 12.7. The molecule has 0 bridgehead atoms. The number of carboxylic acids is 1. The van der Waals surface area contributed by atoms with E-state index in [0.29, 0.717) is 28.1 Å². The molecule has 1 saturated heterocycles. The van der Waals surface area contributed by atoms with Crippen molar-refractivity contribution in [3.8, 4) is 5.69 Å². The predicted molar refractivity (Wildman–Crippen MR) is 94.0 cm³/mol. The molecule has 1 aliphatic heterocycles. The van der Waals surface area contributed by atoms with E-state index in [2.05, 4.69) is 10.1 Å². The van der Waals surface area contributed by atoms with Crippen molar-refractivity contribution in [2.45, 2.75) is 19.4 Å². The number of aliphatic carboxylic acids is 1. The van der Waals surface area contributed by atoms with Gasteiger partial charge >= 0.3 is 5.97 Å². The van der Waals surface area contributed by atoms with Crippen molar-refractivity contribution >= 4 is 35.1 Å². The number of carboxylic acid groups (broad SMARTS) is 1. The first-order chi connectivity index (χ1) is 12.4. The van der Waals surface area contributed by atoms with Gasteiger partial charge in [-0.25, -0.2) is 9.67 Å². The van der Waals surface area contributed by atoms with Gasteiger partial charge in [0.2, 0.25) is 5.82 Å². The summed E-state index contributed by atoms with van der Waals surface area (Å²) in [5.74, 6) is -0.919. The molecule has 1 unspecified atom stereocenters. The Morgan fingerprint density at radius 3 is 2.69 bits per heavy atom. The Morgan fingerprint density at radius 2 is 2.04 bits per heavy atom. The van der Waals surface area contributed by atoms with E-state index in [0.717, 1.165) is 0 Å².